The standard InChI is InChI=1S/C3H7NO2/c1-3(6)2(5)4-3/h2,4-6H,1H3. The summed E-state index contributed by atoms with van der Waals surface area (Å²) in [5.74, 6) is 0. The Bertz CT molecular complexity index is 71.2. The van der Waals surface area contributed by atoms with Crippen molar-refractivity contribution >= 4 is 0 Å². The maximum atomic E-state index is 8.54. The predicted octanol–water partition coefficient (Wildman–Crippen LogP) is -1.38. The summed E-state index contributed by atoms with van der Waals surface area (Å²) in [5.41, 5.74) is -0.986. The summed E-state index contributed by atoms with van der Waals surface area (Å²) in [6, 6.07) is 0. The zero-order chi connectivity index (χ0) is 4.78. The van der Waals surface area contributed by atoms with Crippen LogP contribution in [-0.2, 0) is 0 Å². The highest BCUT2D eigenvalue weighted by Crippen LogP contribution is 2.17. The first-order valence-electron chi connectivity index (χ1n) is 1.81. The van der Waals surface area contributed by atoms with Gasteiger partial charge in [0.15, 0.2) is 5.72 Å². The Morgan fingerprint density at radius 3 is 2.00 bits per heavy atom. The van der Waals surface area contributed by atoms with E-state index in [9.17, 15) is 0 Å². The molecule has 2 atom stereocenters. The molecule has 1 aliphatic rings. The molecule has 1 heterocycles. The molecule has 1 rings (SSSR count). The summed E-state index contributed by atoms with van der Waals surface area (Å²) in [4.78, 5) is 0. The van der Waals surface area contributed by atoms with Crippen LogP contribution in [0.15, 0.2) is 0 Å². The zero-order valence-electron chi connectivity index (χ0n) is 3.47. The quantitative estimate of drug-likeness (QED) is 0.320. The molecule has 0 aromatic carbocycles. The first-order valence-corrected chi connectivity index (χ1v) is 1.81. The Balaban J connectivity index is 2.41. The van der Waals surface area contributed by atoms with Crippen LogP contribution in [0.25, 0.3) is 0 Å². The average Bonchev–Trinajstić information content (AvgIpc) is 1.73. The minimum atomic E-state index is -0.986. The van der Waals surface area contributed by atoms with E-state index in [-0.39, 0.29) is 0 Å². The van der Waals surface area contributed by atoms with Gasteiger partial charge in [-0.15, -0.1) is 0 Å². The molecule has 0 amide bonds. The molecule has 36 valence electrons. The van der Waals surface area contributed by atoms with Gasteiger partial charge in [0.1, 0.15) is 6.23 Å². The summed E-state index contributed by atoms with van der Waals surface area (Å²) in [6.07, 6.45) is -0.697. The highest BCUT2D eigenvalue weighted by atomic mass is 16.4. The summed E-state index contributed by atoms with van der Waals surface area (Å²) < 4.78 is 0. The summed E-state index contributed by atoms with van der Waals surface area (Å²) in [7, 11) is 0. The molecule has 3 heteroatoms. The normalized spacial score (nSPS) is 55.5. The molecule has 1 saturated heterocycles. The van der Waals surface area contributed by atoms with E-state index in [4.69, 9.17) is 10.2 Å². The first kappa shape index (κ1) is 4.05. The van der Waals surface area contributed by atoms with Crippen LogP contribution in [0.1, 0.15) is 6.92 Å². The van der Waals surface area contributed by atoms with Crippen LogP contribution in [0.5, 0.6) is 0 Å². The van der Waals surface area contributed by atoms with Crippen LogP contribution in [0.4, 0.5) is 0 Å². The van der Waals surface area contributed by atoms with Gasteiger partial charge in [0, 0.05) is 0 Å². The third kappa shape index (κ3) is 0.408. The van der Waals surface area contributed by atoms with E-state index in [1.54, 1.807) is 0 Å². The molecule has 2 unspecified atom stereocenters. The Morgan fingerprint density at radius 2 is 2.00 bits per heavy atom. The lowest BCUT2D eigenvalue weighted by Crippen LogP contribution is -2.07. The first-order chi connectivity index (χ1) is 2.63. The van der Waals surface area contributed by atoms with Gasteiger partial charge in [-0.3, -0.25) is 5.32 Å². The fourth-order valence-corrected chi connectivity index (χ4v) is 0.235. The van der Waals surface area contributed by atoms with Crippen LogP contribution >= 0.6 is 0 Å². The Hall–Kier alpha value is -0.120. The largest absolute Gasteiger partial charge is 0.374 e. The maximum absolute atomic E-state index is 8.54. The maximum Gasteiger partial charge on any atom is 0.154 e. The third-order valence-corrected chi connectivity index (χ3v) is 0.878. The van der Waals surface area contributed by atoms with Gasteiger partial charge in [-0.25, -0.2) is 0 Å². The molecular formula is C3H7NO2. The van der Waals surface area contributed by atoms with Crippen LogP contribution in [-0.4, -0.2) is 22.2 Å². The number of rotatable bonds is 0. The van der Waals surface area contributed by atoms with Crippen LogP contribution in [0, 0.1) is 0 Å². The molecule has 0 spiro atoms. The molecule has 0 saturated carbocycles. The van der Waals surface area contributed by atoms with Crippen molar-refractivity contribution in [1.82, 2.24) is 5.32 Å². The van der Waals surface area contributed by atoms with Crippen molar-refractivity contribution < 1.29 is 10.2 Å². The highest BCUT2D eigenvalue weighted by Gasteiger charge is 2.46. The second kappa shape index (κ2) is 0.753. The number of hydrogen-bond donors (Lipinski definition) is 3. The van der Waals surface area contributed by atoms with Crippen LogP contribution in [0.2, 0.25) is 0 Å². The lowest BCUT2D eigenvalue weighted by Gasteiger charge is -1.87. The van der Waals surface area contributed by atoms with Crippen molar-refractivity contribution in [3.8, 4) is 0 Å². The number of hydrogen-bond acceptors (Lipinski definition) is 3. The summed E-state index contributed by atoms with van der Waals surface area (Å²) in [5, 5.41) is 19.3. The molecule has 6 heavy (non-hydrogen) atoms. The molecular weight excluding hydrogens is 82.0 g/mol. The Morgan fingerprint density at radius 1 is 1.83 bits per heavy atom. The van der Waals surface area contributed by atoms with Crippen molar-refractivity contribution in [2.75, 3.05) is 0 Å². The van der Waals surface area contributed by atoms with E-state index in [1.807, 2.05) is 0 Å². The van der Waals surface area contributed by atoms with Gasteiger partial charge in [-0.1, -0.05) is 0 Å². The van der Waals surface area contributed by atoms with Gasteiger partial charge in [0.2, 0.25) is 0 Å². The molecule has 0 bridgehead atoms. The molecule has 0 aromatic heterocycles. The fraction of sp³-hybridized carbons (Fsp3) is 1.00. The molecule has 3 nitrogen and oxygen atoms in total. The average molecular weight is 89.1 g/mol. The fourth-order valence-electron chi connectivity index (χ4n) is 0.235. The topological polar surface area (TPSA) is 62.4 Å². The minimum absolute atomic E-state index is 0.697. The highest BCUT2D eigenvalue weighted by molar-refractivity contribution is 4.93. The predicted molar refractivity (Wildman–Crippen MR) is 19.8 cm³/mol. The van der Waals surface area contributed by atoms with Crippen LogP contribution in [0.3, 0.4) is 0 Å². The number of nitrogens with one attached hydrogen (secondary N) is 1. The minimum Gasteiger partial charge on any atom is -0.374 e. The van der Waals surface area contributed by atoms with Crippen molar-refractivity contribution in [1.29, 1.82) is 0 Å². The van der Waals surface area contributed by atoms with E-state index in [0.29, 0.717) is 0 Å². The van der Waals surface area contributed by atoms with E-state index < -0.39 is 12.0 Å². The van der Waals surface area contributed by atoms with Crippen molar-refractivity contribution in [3.05, 3.63) is 0 Å². The van der Waals surface area contributed by atoms with E-state index >= 15 is 0 Å². The van der Waals surface area contributed by atoms with Crippen LogP contribution < -0.4 is 5.32 Å². The van der Waals surface area contributed by atoms with Gasteiger partial charge >= 0.3 is 0 Å². The molecule has 0 aliphatic carbocycles. The monoisotopic (exact) mass is 89.0 g/mol. The molecule has 0 radical (unpaired) electrons. The molecule has 1 fully saturated rings. The molecule has 1 aliphatic heterocycles. The molecule has 0 aromatic rings. The van der Waals surface area contributed by atoms with Gasteiger partial charge < -0.3 is 10.2 Å². The van der Waals surface area contributed by atoms with Gasteiger partial charge in [-0.2, -0.15) is 0 Å². The SMILES string of the molecule is CC1(O)NC1O. The zero-order valence-corrected chi connectivity index (χ0v) is 3.47. The Labute approximate surface area is 35.6 Å². The lowest BCUT2D eigenvalue weighted by atomic mass is 10.4. The van der Waals surface area contributed by atoms with Crippen molar-refractivity contribution in [2.45, 2.75) is 18.9 Å². The Kier molecular flexibility index (Phi) is 0.508. The van der Waals surface area contributed by atoms with Gasteiger partial charge in [-0.05, 0) is 6.92 Å². The third-order valence-electron chi connectivity index (χ3n) is 0.878. The number of aliphatic hydroxyl groups is 2. The summed E-state index contributed by atoms with van der Waals surface area (Å²) in [6.45, 7) is 1.51. The van der Waals surface area contributed by atoms with E-state index in [0.717, 1.165) is 0 Å². The summed E-state index contributed by atoms with van der Waals surface area (Å²) >= 11 is 0. The lowest BCUT2D eigenvalue weighted by molar-refractivity contribution is 0.101. The van der Waals surface area contributed by atoms with Gasteiger partial charge in [0.25, 0.3) is 0 Å². The second-order valence-electron chi connectivity index (χ2n) is 1.69. The van der Waals surface area contributed by atoms with Gasteiger partial charge in [0.05, 0.1) is 0 Å². The van der Waals surface area contributed by atoms with Crippen molar-refractivity contribution in [2.24, 2.45) is 0 Å². The van der Waals surface area contributed by atoms with Crippen molar-refractivity contribution in [3.63, 3.8) is 0 Å². The second-order valence-corrected chi connectivity index (χ2v) is 1.69. The van der Waals surface area contributed by atoms with E-state index in [1.165, 1.54) is 6.92 Å². The number of aliphatic hydroxyl groups excluding tert-OH is 1. The van der Waals surface area contributed by atoms with E-state index in [2.05, 4.69) is 5.32 Å². The smallest absolute Gasteiger partial charge is 0.154 e. The molecule has 3 N–H and O–H groups in total.